The van der Waals surface area contributed by atoms with E-state index in [0.29, 0.717) is 0 Å². The lowest BCUT2D eigenvalue weighted by molar-refractivity contribution is -0.0991. The van der Waals surface area contributed by atoms with Gasteiger partial charge < -0.3 is 0 Å². The molecule has 1 saturated carbocycles. The van der Waals surface area contributed by atoms with E-state index in [4.69, 9.17) is 0 Å². The topological polar surface area (TPSA) is 16.1 Å². The molecule has 86 valence electrons. The second kappa shape index (κ2) is 3.85. The summed E-state index contributed by atoms with van der Waals surface area (Å²) < 4.78 is 0. The Morgan fingerprint density at radius 3 is 2.81 bits per heavy atom. The average molecular weight is 216 g/mol. The minimum atomic E-state index is 0.718. The van der Waals surface area contributed by atoms with Gasteiger partial charge in [0.1, 0.15) is 0 Å². The van der Waals surface area contributed by atoms with E-state index in [2.05, 4.69) is 28.9 Å². The highest BCUT2D eigenvalue weighted by Gasteiger charge is 2.51. The van der Waals surface area contributed by atoms with Crippen molar-refractivity contribution in [3.05, 3.63) is 30.1 Å². The maximum absolute atomic E-state index is 4.38. The molecule has 1 aliphatic carbocycles. The number of rotatable bonds is 3. The molecule has 1 spiro atoms. The molecule has 1 aromatic rings. The van der Waals surface area contributed by atoms with Gasteiger partial charge in [-0.25, -0.2) is 0 Å². The molecule has 0 radical (unpaired) electrons. The van der Waals surface area contributed by atoms with Gasteiger partial charge in [0, 0.05) is 25.8 Å². The number of nitrogens with zero attached hydrogens (tertiary/aromatic N) is 2. The molecule has 1 aromatic heterocycles. The predicted octanol–water partition coefficient (Wildman–Crippen LogP) is 2.70. The van der Waals surface area contributed by atoms with Crippen molar-refractivity contribution in [1.29, 1.82) is 0 Å². The summed E-state index contributed by atoms with van der Waals surface area (Å²) in [6.45, 7) is 5.97. The molecule has 0 amide bonds. The fourth-order valence-electron chi connectivity index (χ4n) is 3.45. The highest BCUT2D eigenvalue weighted by molar-refractivity contribution is 5.08. The smallest absolute Gasteiger partial charge is 0.0543 e. The molecule has 16 heavy (non-hydrogen) atoms. The summed E-state index contributed by atoms with van der Waals surface area (Å²) in [7, 11) is 0. The Kier molecular flexibility index (Phi) is 2.47. The minimum Gasteiger partial charge on any atom is -0.296 e. The van der Waals surface area contributed by atoms with Gasteiger partial charge in [-0.3, -0.25) is 9.88 Å². The van der Waals surface area contributed by atoms with Gasteiger partial charge in [-0.1, -0.05) is 19.4 Å². The van der Waals surface area contributed by atoms with Crippen molar-refractivity contribution in [2.75, 3.05) is 13.1 Å². The summed E-state index contributed by atoms with van der Waals surface area (Å²) in [6.07, 6.45) is 6.22. The molecule has 0 N–H and O–H groups in total. The summed E-state index contributed by atoms with van der Waals surface area (Å²) in [5.41, 5.74) is 1.93. The summed E-state index contributed by atoms with van der Waals surface area (Å²) in [4.78, 5) is 6.92. The molecule has 1 saturated heterocycles. The van der Waals surface area contributed by atoms with Crippen LogP contribution in [0.15, 0.2) is 24.4 Å². The van der Waals surface area contributed by atoms with Crippen LogP contribution < -0.4 is 0 Å². The first-order valence-electron chi connectivity index (χ1n) is 6.42. The van der Waals surface area contributed by atoms with Crippen molar-refractivity contribution in [3.8, 4) is 0 Å². The molecule has 3 rings (SSSR count). The zero-order valence-corrected chi connectivity index (χ0v) is 10.0. The quantitative estimate of drug-likeness (QED) is 0.772. The molecule has 0 unspecified atom stereocenters. The largest absolute Gasteiger partial charge is 0.296 e. The van der Waals surface area contributed by atoms with E-state index in [-0.39, 0.29) is 0 Å². The maximum atomic E-state index is 4.38. The Morgan fingerprint density at radius 2 is 2.19 bits per heavy atom. The zero-order valence-electron chi connectivity index (χ0n) is 10.0. The van der Waals surface area contributed by atoms with Gasteiger partial charge >= 0.3 is 0 Å². The second-order valence-electron chi connectivity index (χ2n) is 5.65. The van der Waals surface area contributed by atoms with Crippen LogP contribution in [0.4, 0.5) is 0 Å². The van der Waals surface area contributed by atoms with Crippen LogP contribution in [0, 0.1) is 11.3 Å². The monoisotopic (exact) mass is 216 g/mol. The SMILES string of the molecule is CCC1CC2(C1)CN(Cc1ccccn1)C2. The molecule has 1 aliphatic heterocycles. The van der Waals surface area contributed by atoms with E-state index in [1.54, 1.807) is 0 Å². The fraction of sp³-hybridized carbons (Fsp3) is 0.643. The summed E-state index contributed by atoms with van der Waals surface area (Å²) >= 11 is 0. The van der Waals surface area contributed by atoms with E-state index < -0.39 is 0 Å². The van der Waals surface area contributed by atoms with E-state index in [1.807, 2.05) is 12.3 Å². The standard InChI is InChI=1S/C14H20N2/c1-2-12-7-14(8-12)10-16(11-14)9-13-5-3-4-6-15-13/h3-6,12H,2,7-11H2,1H3. The van der Waals surface area contributed by atoms with Crippen molar-refractivity contribution in [2.45, 2.75) is 32.7 Å². The molecule has 0 aromatic carbocycles. The van der Waals surface area contributed by atoms with Crippen LogP contribution in [0.3, 0.4) is 0 Å². The van der Waals surface area contributed by atoms with Crippen LogP contribution in [0.25, 0.3) is 0 Å². The van der Waals surface area contributed by atoms with Gasteiger partial charge in [-0.2, -0.15) is 0 Å². The third-order valence-corrected chi connectivity index (χ3v) is 4.25. The van der Waals surface area contributed by atoms with Gasteiger partial charge in [0.2, 0.25) is 0 Å². The van der Waals surface area contributed by atoms with Crippen molar-refractivity contribution >= 4 is 0 Å². The number of aromatic nitrogens is 1. The molecule has 0 bridgehead atoms. The summed E-state index contributed by atoms with van der Waals surface area (Å²) in [5, 5.41) is 0. The lowest BCUT2D eigenvalue weighted by Gasteiger charge is -2.59. The Morgan fingerprint density at radius 1 is 1.38 bits per heavy atom. The molecule has 2 heterocycles. The lowest BCUT2D eigenvalue weighted by atomic mass is 9.57. The van der Waals surface area contributed by atoms with Crippen LogP contribution in [-0.2, 0) is 6.54 Å². The minimum absolute atomic E-state index is 0.718. The third kappa shape index (κ3) is 1.75. The second-order valence-corrected chi connectivity index (χ2v) is 5.65. The average Bonchev–Trinajstić information content (AvgIpc) is 2.21. The number of pyridine rings is 1. The van der Waals surface area contributed by atoms with Crippen LogP contribution in [0.2, 0.25) is 0 Å². The fourth-order valence-corrected chi connectivity index (χ4v) is 3.45. The van der Waals surface area contributed by atoms with Gasteiger partial charge in [-0.05, 0) is 36.3 Å². The number of hydrogen-bond donors (Lipinski definition) is 0. The van der Waals surface area contributed by atoms with E-state index >= 15 is 0 Å². The van der Waals surface area contributed by atoms with Gasteiger partial charge in [0.15, 0.2) is 0 Å². The molecule has 2 aliphatic rings. The molecular formula is C14H20N2. The first-order valence-corrected chi connectivity index (χ1v) is 6.42. The van der Waals surface area contributed by atoms with E-state index in [0.717, 1.165) is 17.9 Å². The van der Waals surface area contributed by atoms with Crippen molar-refractivity contribution in [1.82, 2.24) is 9.88 Å². The first kappa shape index (κ1) is 10.3. The summed E-state index contributed by atoms with van der Waals surface area (Å²) in [5.74, 6) is 1.03. The molecule has 2 heteroatoms. The molecule has 2 fully saturated rings. The number of hydrogen-bond acceptors (Lipinski definition) is 2. The van der Waals surface area contributed by atoms with Crippen LogP contribution >= 0.6 is 0 Å². The Labute approximate surface area is 97.7 Å². The van der Waals surface area contributed by atoms with Crippen LogP contribution in [-0.4, -0.2) is 23.0 Å². The lowest BCUT2D eigenvalue weighted by Crippen LogP contribution is -2.61. The molecular weight excluding hydrogens is 196 g/mol. The number of likely N-dealkylation sites (tertiary alicyclic amines) is 1. The van der Waals surface area contributed by atoms with Crippen LogP contribution in [0.5, 0.6) is 0 Å². The highest BCUT2D eigenvalue weighted by atomic mass is 15.2. The normalized spacial score (nSPS) is 24.1. The van der Waals surface area contributed by atoms with Crippen molar-refractivity contribution in [3.63, 3.8) is 0 Å². The van der Waals surface area contributed by atoms with Gasteiger partial charge in [-0.15, -0.1) is 0 Å². The van der Waals surface area contributed by atoms with Crippen LogP contribution in [0.1, 0.15) is 31.9 Å². The third-order valence-electron chi connectivity index (χ3n) is 4.25. The maximum Gasteiger partial charge on any atom is 0.0543 e. The van der Waals surface area contributed by atoms with E-state index in [1.165, 1.54) is 38.0 Å². The molecule has 2 nitrogen and oxygen atoms in total. The zero-order chi connectivity index (χ0) is 11.0. The van der Waals surface area contributed by atoms with Gasteiger partial charge in [0.25, 0.3) is 0 Å². The Balaban J connectivity index is 1.48. The van der Waals surface area contributed by atoms with Crippen molar-refractivity contribution in [2.24, 2.45) is 11.3 Å². The highest BCUT2D eigenvalue weighted by Crippen LogP contribution is 2.53. The van der Waals surface area contributed by atoms with Crippen molar-refractivity contribution < 1.29 is 0 Å². The Hall–Kier alpha value is -0.890. The Bertz CT molecular complexity index is 346. The first-order chi connectivity index (χ1) is 7.80. The predicted molar refractivity (Wildman–Crippen MR) is 65.0 cm³/mol. The molecule has 0 atom stereocenters. The summed E-state index contributed by atoms with van der Waals surface area (Å²) in [6, 6.07) is 6.19. The van der Waals surface area contributed by atoms with Gasteiger partial charge in [0.05, 0.1) is 5.69 Å². The van der Waals surface area contributed by atoms with E-state index in [9.17, 15) is 0 Å².